The summed E-state index contributed by atoms with van der Waals surface area (Å²) in [5.74, 6) is 1.37. The van der Waals surface area contributed by atoms with Gasteiger partial charge in [-0.2, -0.15) is 9.97 Å². The Morgan fingerprint density at radius 1 is 0.709 bits per heavy atom. The maximum atomic E-state index is 12.5. The first-order valence-electron chi connectivity index (χ1n) is 17.0. The van der Waals surface area contributed by atoms with E-state index in [4.69, 9.17) is 30.8 Å². The summed E-state index contributed by atoms with van der Waals surface area (Å²) < 4.78 is 21.1. The van der Waals surface area contributed by atoms with E-state index < -0.39 is 11.7 Å². The number of hydrogen-bond donors (Lipinski definition) is 3. The third kappa shape index (κ3) is 7.10. The molecule has 55 heavy (non-hydrogen) atoms. The average molecular weight is 739 g/mol. The number of hydrogen-bond acceptors (Lipinski definition) is 15. The Morgan fingerprint density at radius 2 is 1.25 bits per heavy atom. The van der Waals surface area contributed by atoms with Crippen LogP contribution in [0.3, 0.4) is 0 Å². The second-order valence-corrected chi connectivity index (χ2v) is 13.5. The van der Waals surface area contributed by atoms with Crippen LogP contribution < -0.4 is 17.2 Å². The molecule has 0 radical (unpaired) electrons. The molecule has 0 aliphatic carbocycles. The number of nitrogens with zero attached hydrogens (tertiary/aromatic N) is 11. The van der Waals surface area contributed by atoms with Crippen molar-refractivity contribution in [2.24, 2.45) is 0 Å². The van der Waals surface area contributed by atoms with Crippen molar-refractivity contribution in [2.45, 2.75) is 39.5 Å². The lowest BCUT2D eigenvalue weighted by Crippen LogP contribution is -2.26. The van der Waals surface area contributed by atoms with Gasteiger partial charge in [0.25, 0.3) is 0 Å². The van der Waals surface area contributed by atoms with Crippen molar-refractivity contribution in [2.75, 3.05) is 17.2 Å². The molecule has 2 aromatic carbocycles. The molecule has 0 atom stereocenters. The van der Waals surface area contributed by atoms with Crippen LogP contribution in [-0.2, 0) is 17.8 Å². The average Bonchev–Trinajstić information content (AvgIpc) is 4.00. The monoisotopic (exact) mass is 738 g/mol. The van der Waals surface area contributed by atoms with Crippen LogP contribution in [-0.4, -0.2) is 66.2 Å². The molecule has 9 rings (SSSR count). The van der Waals surface area contributed by atoms with Crippen LogP contribution in [0.1, 0.15) is 31.9 Å². The van der Waals surface area contributed by atoms with E-state index in [1.807, 2.05) is 69.3 Å². The number of nitrogens with two attached hydrogens (primary N) is 3. The summed E-state index contributed by atoms with van der Waals surface area (Å²) in [6.07, 6.45) is 4.41. The van der Waals surface area contributed by atoms with Gasteiger partial charge in [0.1, 0.15) is 17.0 Å². The zero-order chi connectivity index (χ0) is 38.3. The van der Waals surface area contributed by atoms with E-state index in [9.17, 15) is 4.79 Å². The van der Waals surface area contributed by atoms with Gasteiger partial charge in [0.15, 0.2) is 33.8 Å². The molecule has 0 aliphatic heterocycles. The highest BCUT2D eigenvalue weighted by Crippen LogP contribution is 2.28. The van der Waals surface area contributed by atoms with Crippen molar-refractivity contribution in [1.82, 2.24) is 54.5 Å². The molecule has 276 valence electrons. The minimum atomic E-state index is -0.569. The first-order chi connectivity index (χ1) is 26.5. The Bertz CT molecular complexity index is 2780. The molecule has 7 aromatic heterocycles. The Balaban J connectivity index is 0.000000164. The first-order valence-corrected chi connectivity index (χ1v) is 17.0. The van der Waals surface area contributed by atoms with Crippen molar-refractivity contribution in [1.29, 1.82) is 0 Å². The number of aromatic nitrogens is 11. The van der Waals surface area contributed by atoms with Crippen LogP contribution in [0.2, 0.25) is 0 Å². The Kier molecular flexibility index (Phi) is 8.60. The number of ether oxygens (including phenoxy) is 1. The molecule has 0 saturated heterocycles. The summed E-state index contributed by atoms with van der Waals surface area (Å²) in [5.41, 5.74) is 23.5. The van der Waals surface area contributed by atoms with E-state index in [1.165, 1.54) is 4.57 Å². The molecule has 0 amide bonds. The van der Waals surface area contributed by atoms with Crippen molar-refractivity contribution >= 4 is 56.9 Å². The fourth-order valence-electron chi connectivity index (χ4n) is 5.86. The molecule has 0 saturated carbocycles. The fourth-order valence-corrected chi connectivity index (χ4v) is 5.86. The highest BCUT2D eigenvalue weighted by molar-refractivity contribution is 5.90. The van der Waals surface area contributed by atoms with E-state index in [2.05, 4.69) is 40.6 Å². The minimum absolute atomic E-state index is 0.109. The van der Waals surface area contributed by atoms with Crippen LogP contribution in [0.15, 0.2) is 100 Å². The number of benzene rings is 2. The van der Waals surface area contributed by atoms with Gasteiger partial charge in [0.05, 0.1) is 31.1 Å². The van der Waals surface area contributed by atoms with Crippen LogP contribution in [0.25, 0.3) is 56.1 Å². The molecule has 9 aromatic rings. The number of carbonyl (C=O) groups excluding carboxylic acids is 1. The number of nitrogen functional groups attached to an aromatic ring is 3. The van der Waals surface area contributed by atoms with Gasteiger partial charge in [-0.25, -0.2) is 24.1 Å². The van der Waals surface area contributed by atoms with E-state index in [0.717, 1.165) is 22.0 Å². The molecule has 0 bridgehead atoms. The summed E-state index contributed by atoms with van der Waals surface area (Å²) in [7, 11) is 0. The Hall–Kier alpha value is -7.63. The fraction of sp³-hybridized carbons (Fsp3) is 0.162. The molecule has 0 aliphatic rings. The van der Waals surface area contributed by atoms with Gasteiger partial charge in [-0.15, -0.1) is 10.2 Å². The van der Waals surface area contributed by atoms with Crippen LogP contribution in [0.5, 0.6) is 0 Å². The predicted octanol–water partition coefficient (Wildman–Crippen LogP) is 5.54. The maximum absolute atomic E-state index is 12.5. The smallest absolute Gasteiger partial charge is 0.418 e. The van der Waals surface area contributed by atoms with E-state index in [1.54, 1.807) is 52.4 Å². The topological polar surface area (TPSA) is 249 Å². The minimum Gasteiger partial charge on any atom is -0.463 e. The zero-order valence-electron chi connectivity index (χ0n) is 29.9. The summed E-state index contributed by atoms with van der Waals surface area (Å²) in [5, 5.41) is 17.7. The van der Waals surface area contributed by atoms with Crippen LogP contribution >= 0.6 is 0 Å². The SMILES string of the molecule is CC(C)(C)OC(=O)n1ccc2cc(Cn3nnc4c(-c5ccco5)nc(N)nc43)ccc21.Nc1ccc(Cn2nnc3c(-c4ccco4)nc(N)nc32)cc1. The van der Waals surface area contributed by atoms with Crippen LogP contribution in [0.4, 0.5) is 22.4 Å². The van der Waals surface area contributed by atoms with E-state index >= 15 is 0 Å². The molecular weight excluding hydrogens is 705 g/mol. The number of furan rings is 2. The van der Waals surface area contributed by atoms with Gasteiger partial charge < -0.3 is 30.8 Å². The third-order valence-corrected chi connectivity index (χ3v) is 8.26. The third-order valence-electron chi connectivity index (χ3n) is 8.26. The lowest BCUT2D eigenvalue weighted by molar-refractivity contribution is 0.0544. The molecule has 0 fully saturated rings. The lowest BCUT2D eigenvalue weighted by Gasteiger charge is -2.19. The second kappa shape index (κ2) is 13.7. The molecule has 18 heteroatoms. The van der Waals surface area contributed by atoms with Gasteiger partial charge in [0.2, 0.25) is 11.9 Å². The number of fused-ring (bicyclic) bond motifs is 3. The molecule has 0 spiro atoms. The van der Waals surface area contributed by atoms with Gasteiger partial charge in [-0.1, -0.05) is 28.6 Å². The Labute approximate surface area is 311 Å². The quantitative estimate of drug-likeness (QED) is 0.177. The van der Waals surface area contributed by atoms with Gasteiger partial charge in [-0.3, -0.25) is 4.57 Å². The van der Waals surface area contributed by atoms with Crippen LogP contribution in [0, 0.1) is 0 Å². The van der Waals surface area contributed by atoms with Crippen molar-refractivity contribution in [3.8, 4) is 22.9 Å². The first kappa shape index (κ1) is 34.5. The summed E-state index contributed by atoms with van der Waals surface area (Å²) in [6.45, 7) is 6.43. The maximum Gasteiger partial charge on any atom is 0.418 e. The summed E-state index contributed by atoms with van der Waals surface area (Å²) >= 11 is 0. The number of carbonyl (C=O) groups is 1. The molecular formula is C37H34N14O4. The highest BCUT2D eigenvalue weighted by atomic mass is 16.6. The normalized spacial score (nSPS) is 11.6. The molecule has 18 nitrogen and oxygen atoms in total. The van der Waals surface area contributed by atoms with Crippen molar-refractivity contribution < 1.29 is 18.4 Å². The standard InChI is InChI=1S/C22H21N7O3.C15H13N7O/c1-22(2,3)32-21(30)28-9-8-14-11-13(6-7-15(14)28)12-29-19-18(26-27-29)17(24-20(23)25-19)16-5-4-10-31-16;16-10-5-3-9(4-6-10)8-22-14-13(20-21-22)12(18-15(17)19-14)11-2-1-7-23-11/h4-11H,12H2,1-3H3,(H2,23,24,25);1-7H,8,16H2,(H2,17,18,19). The molecule has 6 N–H and O–H groups in total. The number of rotatable bonds is 6. The summed E-state index contributed by atoms with van der Waals surface area (Å²) in [4.78, 5) is 29.5. The molecule has 7 heterocycles. The van der Waals surface area contributed by atoms with Gasteiger partial charge in [0, 0.05) is 17.3 Å². The predicted molar refractivity (Wildman–Crippen MR) is 203 cm³/mol. The van der Waals surface area contributed by atoms with Crippen molar-refractivity contribution in [3.63, 3.8) is 0 Å². The van der Waals surface area contributed by atoms with E-state index in [-0.39, 0.29) is 11.9 Å². The largest absolute Gasteiger partial charge is 0.463 e. The van der Waals surface area contributed by atoms with Crippen molar-refractivity contribution in [3.05, 3.63) is 103 Å². The summed E-state index contributed by atoms with van der Waals surface area (Å²) in [6, 6.07) is 22.3. The zero-order valence-corrected chi connectivity index (χ0v) is 29.9. The van der Waals surface area contributed by atoms with Gasteiger partial charge >= 0.3 is 6.09 Å². The lowest BCUT2D eigenvalue weighted by atomic mass is 10.1. The second-order valence-electron chi connectivity index (χ2n) is 13.5. The number of anilines is 3. The van der Waals surface area contributed by atoms with E-state index in [0.29, 0.717) is 64.0 Å². The Morgan fingerprint density at radius 3 is 1.78 bits per heavy atom. The van der Waals surface area contributed by atoms with Gasteiger partial charge in [-0.05, 0) is 86.5 Å². The highest BCUT2D eigenvalue weighted by Gasteiger charge is 2.21. The molecule has 0 unspecified atom stereocenters.